The lowest BCUT2D eigenvalue weighted by atomic mass is 10.2. The summed E-state index contributed by atoms with van der Waals surface area (Å²) >= 11 is 14.0. The Kier molecular flexibility index (Phi) is 6.55. The van der Waals surface area contributed by atoms with Gasteiger partial charge in [0.1, 0.15) is 21.8 Å². The molecule has 0 saturated carbocycles. The molecule has 0 bridgehead atoms. The van der Waals surface area contributed by atoms with Crippen LogP contribution in [0.2, 0.25) is 10.0 Å². The molecule has 9 heteroatoms. The molecule has 0 radical (unpaired) electrons. The van der Waals surface area contributed by atoms with Crippen LogP contribution in [0.1, 0.15) is 6.42 Å². The summed E-state index contributed by atoms with van der Waals surface area (Å²) in [5.74, 6) is 0.726. The van der Waals surface area contributed by atoms with Crippen molar-refractivity contribution in [2.24, 2.45) is 0 Å². The van der Waals surface area contributed by atoms with Gasteiger partial charge in [-0.1, -0.05) is 35.3 Å². The van der Waals surface area contributed by atoms with Gasteiger partial charge >= 0.3 is 0 Å². The number of ether oxygens (including phenoxy) is 1. The van der Waals surface area contributed by atoms with Crippen molar-refractivity contribution in [1.29, 1.82) is 0 Å². The Morgan fingerprint density at radius 3 is 2.77 bits per heavy atom. The highest BCUT2D eigenvalue weighted by Gasteiger charge is 2.22. The van der Waals surface area contributed by atoms with Gasteiger partial charge in [0.05, 0.1) is 20.6 Å². The molecule has 30 heavy (non-hydrogen) atoms. The van der Waals surface area contributed by atoms with Crippen molar-refractivity contribution in [2.45, 2.75) is 16.7 Å². The van der Waals surface area contributed by atoms with Gasteiger partial charge in [-0.2, -0.15) is 0 Å². The van der Waals surface area contributed by atoms with Crippen LogP contribution in [0.5, 0.6) is 11.5 Å². The Balaban J connectivity index is 1.50. The largest absolute Gasteiger partial charge is 0.508 e. The van der Waals surface area contributed by atoms with Crippen molar-refractivity contribution >= 4 is 51.2 Å². The zero-order valence-corrected chi connectivity index (χ0v) is 19.2. The van der Waals surface area contributed by atoms with Crippen LogP contribution in [0.4, 0.5) is 5.69 Å². The van der Waals surface area contributed by atoms with Gasteiger partial charge in [0.25, 0.3) is 0 Å². The SMILES string of the molecule is CN1CC[C@@H](Oc2cc(NS(=O)c3cc(Cl)c(-c4cccc(O)c4)s3)ccc2Cl)C1. The molecule has 2 aromatic carbocycles. The fourth-order valence-electron chi connectivity index (χ4n) is 3.27. The number of aromatic hydroxyl groups is 1. The van der Waals surface area contributed by atoms with Gasteiger partial charge in [0.2, 0.25) is 0 Å². The van der Waals surface area contributed by atoms with Crippen LogP contribution in [0.25, 0.3) is 10.4 Å². The second-order valence-electron chi connectivity index (χ2n) is 7.10. The van der Waals surface area contributed by atoms with Crippen molar-refractivity contribution in [3.05, 3.63) is 58.6 Å². The number of nitrogens with zero attached hydrogens (tertiary/aromatic N) is 1. The lowest BCUT2D eigenvalue weighted by molar-refractivity contribution is 0.208. The topological polar surface area (TPSA) is 61.8 Å². The minimum Gasteiger partial charge on any atom is -0.508 e. The number of thiophene rings is 1. The minimum absolute atomic E-state index is 0.0918. The van der Waals surface area contributed by atoms with Crippen LogP contribution in [-0.2, 0) is 11.0 Å². The molecule has 0 aliphatic carbocycles. The van der Waals surface area contributed by atoms with Crippen molar-refractivity contribution in [3.63, 3.8) is 0 Å². The second kappa shape index (κ2) is 9.16. The Bertz CT molecular complexity index is 1090. The molecule has 0 spiro atoms. The highest BCUT2D eigenvalue weighted by molar-refractivity contribution is 7.88. The van der Waals surface area contributed by atoms with Crippen LogP contribution in [0.3, 0.4) is 0 Å². The van der Waals surface area contributed by atoms with Crippen LogP contribution in [0.15, 0.2) is 52.7 Å². The third kappa shape index (κ3) is 4.92. The van der Waals surface area contributed by atoms with E-state index in [1.54, 1.807) is 42.5 Å². The fraction of sp³-hybridized carbons (Fsp3) is 0.238. The summed E-state index contributed by atoms with van der Waals surface area (Å²) in [5.41, 5.74) is 1.42. The van der Waals surface area contributed by atoms with E-state index in [1.807, 2.05) is 6.07 Å². The Hall–Kier alpha value is -1.77. The lowest BCUT2D eigenvalue weighted by Gasteiger charge is -2.16. The van der Waals surface area contributed by atoms with Gasteiger partial charge in [-0.3, -0.25) is 0 Å². The average molecular weight is 483 g/mol. The highest BCUT2D eigenvalue weighted by atomic mass is 35.5. The van der Waals surface area contributed by atoms with E-state index in [-0.39, 0.29) is 11.9 Å². The summed E-state index contributed by atoms with van der Waals surface area (Å²) in [6.45, 7) is 1.84. The molecular formula is C21H20Cl2N2O3S2. The number of rotatable bonds is 6. The molecule has 1 aliphatic rings. The molecular weight excluding hydrogens is 463 g/mol. The van der Waals surface area contributed by atoms with Crippen molar-refractivity contribution in [1.82, 2.24) is 4.90 Å². The number of anilines is 1. The molecule has 3 aromatic rings. The van der Waals surface area contributed by atoms with Gasteiger partial charge in [-0.25, -0.2) is 4.21 Å². The molecule has 4 rings (SSSR count). The lowest BCUT2D eigenvalue weighted by Crippen LogP contribution is -2.21. The monoisotopic (exact) mass is 482 g/mol. The number of halogens is 2. The maximum absolute atomic E-state index is 12.9. The summed E-state index contributed by atoms with van der Waals surface area (Å²) in [7, 11) is 0.546. The van der Waals surface area contributed by atoms with Crippen LogP contribution in [-0.4, -0.2) is 40.5 Å². The number of likely N-dealkylation sites (N-methyl/N-ethyl adjacent to an activating group) is 1. The van der Waals surface area contributed by atoms with E-state index in [0.29, 0.717) is 25.7 Å². The predicted octanol–water partition coefficient (Wildman–Crippen LogP) is 5.65. The van der Waals surface area contributed by atoms with Crippen LogP contribution in [0, 0.1) is 0 Å². The van der Waals surface area contributed by atoms with E-state index >= 15 is 0 Å². The highest BCUT2D eigenvalue weighted by Crippen LogP contribution is 2.39. The number of likely N-dealkylation sites (tertiary alicyclic amines) is 1. The first-order valence-corrected chi connectivity index (χ1v) is 12.0. The van der Waals surface area contributed by atoms with E-state index in [0.717, 1.165) is 30.0 Å². The molecule has 0 amide bonds. The molecule has 158 valence electrons. The maximum atomic E-state index is 12.9. The molecule has 2 N–H and O–H groups in total. The Labute approximate surface area is 191 Å². The van der Waals surface area contributed by atoms with E-state index in [4.69, 9.17) is 27.9 Å². The zero-order valence-electron chi connectivity index (χ0n) is 16.1. The first-order chi connectivity index (χ1) is 14.4. The third-order valence-electron chi connectivity index (χ3n) is 4.74. The number of phenols is 1. The average Bonchev–Trinajstić information content (AvgIpc) is 3.30. The van der Waals surface area contributed by atoms with E-state index in [9.17, 15) is 9.32 Å². The smallest absolute Gasteiger partial charge is 0.160 e. The van der Waals surface area contributed by atoms with Gasteiger partial charge in [0, 0.05) is 19.2 Å². The molecule has 1 aromatic heterocycles. The summed E-state index contributed by atoms with van der Waals surface area (Å²) < 4.78 is 22.5. The molecule has 1 fully saturated rings. The minimum atomic E-state index is -1.51. The summed E-state index contributed by atoms with van der Waals surface area (Å²) in [6.07, 6.45) is 1.04. The second-order valence-corrected chi connectivity index (χ2v) is 10.4. The van der Waals surface area contributed by atoms with Gasteiger partial charge < -0.3 is 19.5 Å². The van der Waals surface area contributed by atoms with Gasteiger partial charge in [0.15, 0.2) is 11.0 Å². The van der Waals surface area contributed by atoms with Gasteiger partial charge in [-0.15, -0.1) is 11.3 Å². The zero-order chi connectivity index (χ0) is 21.3. The van der Waals surface area contributed by atoms with E-state index in [1.165, 1.54) is 11.3 Å². The standard InChI is InChI=1S/C21H20Cl2N2O3S2/c1-25-8-7-16(12-25)28-19-10-14(5-6-17(19)22)24-30(27)20-11-18(23)21(29-20)13-3-2-4-15(26)9-13/h2-6,9-11,16,24,26H,7-8,12H2,1H3/t16-,30?/m1/s1. The summed E-state index contributed by atoms with van der Waals surface area (Å²) in [6, 6.07) is 13.7. The molecule has 1 aliphatic heterocycles. The van der Waals surface area contributed by atoms with Crippen molar-refractivity contribution in [2.75, 3.05) is 24.9 Å². The number of hydrogen-bond donors (Lipinski definition) is 2. The number of nitrogens with one attached hydrogen (secondary N) is 1. The number of phenolic OH excluding ortho intramolecular Hbond substituents is 1. The van der Waals surface area contributed by atoms with Crippen molar-refractivity contribution in [3.8, 4) is 21.9 Å². The van der Waals surface area contributed by atoms with Gasteiger partial charge in [-0.05, 0) is 49.4 Å². The van der Waals surface area contributed by atoms with E-state index in [2.05, 4.69) is 16.7 Å². The quantitative estimate of drug-likeness (QED) is 0.476. The molecule has 2 atom stereocenters. The van der Waals surface area contributed by atoms with Crippen LogP contribution < -0.4 is 9.46 Å². The number of hydrogen-bond acceptors (Lipinski definition) is 5. The maximum Gasteiger partial charge on any atom is 0.160 e. The fourth-order valence-corrected chi connectivity index (χ4v) is 6.02. The molecule has 1 unspecified atom stereocenters. The van der Waals surface area contributed by atoms with Crippen molar-refractivity contribution < 1.29 is 14.1 Å². The first kappa shape index (κ1) is 21.5. The Morgan fingerprint density at radius 1 is 1.20 bits per heavy atom. The normalized spacial score (nSPS) is 17.8. The molecule has 5 nitrogen and oxygen atoms in total. The predicted molar refractivity (Wildman–Crippen MR) is 124 cm³/mol. The summed E-state index contributed by atoms with van der Waals surface area (Å²) in [4.78, 5) is 2.96. The number of benzene rings is 2. The van der Waals surface area contributed by atoms with E-state index < -0.39 is 11.0 Å². The third-order valence-corrected chi connectivity index (χ3v) is 8.05. The molecule has 2 heterocycles. The molecule has 1 saturated heterocycles. The first-order valence-electron chi connectivity index (χ1n) is 9.31. The summed E-state index contributed by atoms with van der Waals surface area (Å²) in [5, 5.41) is 10.7. The Morgan fingerprint density at radius 2 is 2.03 bits per heavy atom. The van der Waals surface area contributed by atoms with Crippen LogP contribution >= 0.6 is 34.5 Å².